The van der Waals surface area contributed by atoms with Gasteiger partial charge >= 0.3 is 0 Å². The molecular formula is C30H40O. The molecule has 0 N–H and O–H groups in total. The highest BCUT2D eigenvalue weighted by atomic mass is 16.5. The van der Waals surface area contributed by atoms with Crippen molar-refractivity contribution in [3.63, 3.8) is 0 Å². The van der Waals surface area contributed by atoms with Crippen LogP contribution in [0.3, 0.4) is 0 Å². The number of fused-ring (bicyclic) bond motifs is 1. The van der Waals surface area contributed by atoms with E-state index in [0.29, 0.717) is 12.5 Å². The van der Waals surface area contributed by atoms with Crippen LogP contribution in [0.4, 0.5) is 0 Å². The summed E-state index contributed by atoms with van der Waals surface area (Å²) >= 11 is 0. The van der Waals surface area contributed by atoms with Crippen molar-refractivity contribution in [2.24, 2.45) is 5.92 Å². The fourth-order valence-electron chi connectivity index (χ4n) is 5.66. The molecule has 2 aromatic rings. The maximum atomic E-state index is 5.83. The molecule has 4 rings (SSSR count). The smallest absolute Gasteiger partial charge is 0.120 e. The first-order chi connectivity index (χ1) is 15.3. The normalized spacial score (nSPS) is 23.6. The van der Waals surface area contributed by atoms with Gasteiger partial charge in [0.15, 0.2) is 0 Å². The van der Waals surface area contributed by atoms with E-state index in [0.717, 1.165) is 30.4 Å². The molecule has 0 saturated heterocycles. The van der Waals surface area contributed by atoms with Crippen LogP contribution in [0.25, 0.3) is 0 Å². The number of allylic oxidation sites excluding steroid dienone is 1. The van der Waals surface area contributed by atoms with E-state index in [1.165, 1.54) is 68.1 Å². The van der Waals surface area contributed by atoms with E-state index in [-0.39, 0.29) is 0 Å². The molecule has 0 bridgehead atoms. The van der Waals surface area contributed by atoms with Gasteiger partial charge < -0.3 is 4.74 Å². The Bertz CT molecular complexity index is 839. The van der Waals surface area contributed by atoms with E-state index >= 15 is 0 Å². The van der Waals surface area contributed by atoms with Crippen LogP contribution in [0, 0.1) is 5.92 Å². The van der Waals surface area contributed by atoms with Gasteiger partial charge in [0.1, 0.15) is 12.4 Å². The van der Waals surface area contributed by atoms with Crippen LogP contribution in [0.1, 0.15) is 99.3 Å². The molecule has 31 heavy (non-hydrogen) atoms. The topological polar surface area (TPSA) is 9.23 Å². The summed E-state index contributed by atoms with van der Waals surface area (Å²) in [5.41, 5.74) is 6.09. The first-order valence-electron chi connectivity index (χ1n) is 12.7. The summed E-state index contributed by atoms with van der Waals surface area (Å²) in [6.07, 6.45) is 17.5. The molecule has 166 valence electrons. The summed E-state index contributed by atoms with van der Waals surface area (Å²) in [5, 5.41) is 0. The molecular weight excluding hydrogens is 376 g/mol. The van der Waals surface area contributed by atoms with E-state index in [9.17, 15) is 0 Å². The van der Waals surface area contributed by atoms with E-state index in [1.807, 2.05) is 13.0 Å². The predicted octanol–water partition coefficient (Wildman–Crippen LogP) is 8.38. The lowest BCUT2D eigenvalue weighted by Crippen LogP contribution is -2.14. The highest BCUT2D eigenvalue weighted by Crippen LogP contribution is 2.39. The third-order valence-corrected chi connectivity index (χ3v) is 7.68. The minimum atomic E-state index is 0.654. The van der Waals surface area contributed by atoms with Gasteiger partial charge in [-0.3, -0.25) is 0 Å². The zero-order valence-electron chi connectivity index (χ0n) is 19.6. The maximum Gasteiger partial charge on any atom is 0.120 e. The average molecular weight is 417 g/mol. The van der Waals surface area contributed by atoms with Crippen LogP contribution < -0.4 is 4.74 Å². The van der Waals surface area contributed by atoms with E-state index in [2.05, 4.69) is 55.5 Å². The van der Waals surface area contributed by atoms with Crippen molar-refractivity contribution in [3.05, 3.63) is 76.9 Å². The molecule has 1 heteroatoms. The van der Waals surface area contributed by atoms with Crippen LogP contribution in [-0.4, -0.2) is 6.61 Å². The number of benzene rings is 2. The van der Waals surface area contributed by atoms with E-state index in [4.69, 9.17) is 4.74 Å². The van der Waals surface area contributed by atoms with Crippen molar-refractivity contribution in [1.29, 1.82) is 0 Å². The molecule has 0 aromatic heterocycles. The second kappa shape index (κ2) is 11.0. The molecule has 1 saturated carbocycles. The Kier molecular flexibility index (Phi) is 7.89. The second-order valence-electron chi connectivity index (χ2n) is 9.78. The molecule has 0 aliphatic heterocycles. The van der Waals surface area contributed by atoms with Gasteiger partial charge in [-0.2, -0.15) is 0 Å². The number of unbranched alkanes of at least 4 members (excludes halogenated alkanes) is 1. The molecule has 0 amide bonds. The van der Waals surface area contributed by atoms with Gasteiger partial charge in [0.25, 0.3) is 0 Å². The van der Waals surface area contributed by atoms with Gasteiger partial charge in [-0.25, -0.2) is 0 Å². The molecule has 1 atom stereocenters. The summed E-state index contributed by atoms with van der Waals surface area (Å²) in [6, 6.07) is 16.4. The Morgan fingerprint density at radius 2 is 1.61 bits per heavy atom. The largest absolute Gasteiger partial charge is 0.490 e. The maximum absolute atomic E-state index is 5.83. The Morgan fingerprint density at radius 1 is 0.871 bits per heavy atom. The number of hydrogen-bond acceptors (Lipinski definition) is 1. The Labute approximate surface area is 189 Å². The van der Waals surface area contributed by atoms with Crippen molar-refractivity contribution in [2.45, 2.75) is 89.9 Å². The van der Waals surface area contributed by atoms with Crippen molar-refractivity contribution < 1.29 is 4.74 Å². The van der Waals surface area contributed by atoms with Crippen LogP contribution in [0.15, 0.2) is 54.6 Å². The minimum absolute atomic E-state index is 0.654. The summed E-state index contributed by atoms with van der Waals surface area (Å²) in [6.45, 7) is 5.00. The molecule has 2 aromatic carbocycles. The van der Waals surface area contributed by atoms with Gasteiger partial charge in [0.2, 0.25) is 0 Å². The van der Waals surface area contributed by atoms with Crippen LogP contribution >= 0.6 is 0 Å². The van der Waals surface area contributed by atoms with Crippen molar-refractivity contribution in [2.75, 3.05) is 6.61 Å². The molecule has 2 aliphatic rings. The summed E-state index contributed by atoms with van der Waals surface area (Å²) in [5.74, 6) is 3.44. The lowest BCUT2D eigenvalue weighted by Gasteiger charge is -2.29. The minimum Gasteiger partial charge on any atom is -0.490 e. The fraction of sp³-hybridized carbons (Fsp3) is 0.533. The lowest BCUT2D eigenvalue weighted by molar-refractivity contribution is 0.304. The van der Waals surface area contributed by atoms with Crippen molar-refractivity contribution in [1.82, 2.24) is 0 Å². The standard InChI is InChI=1S/C30H40O/c1-3-5-7-23-8-10-24(11-9-23)25-12-14-26(15-13-25)27-16-17-29-22-30(31-20-6-4-2)19-18-28(29)21-27/h4,6,12-15,18-19,22-24,27H,3,5,7-11,16-17,20-21H2,1-2H3. The summed E-state index contributed by atoms with van der Waals surface area (Å²) in [7, 11) is 0. The van der Waals surface area contributed by atoms with Gasteiger partial charge in [0, 0.05) is 0 Å². The number of rotatable bonds is 8. The molecule has 1 unspecified atom stereocenters. The van der Waals surface area contributed by atoms with E-state index < -0.39 is 0 Å². The summed E-state index contributed by atoms with van der Waals surface area (Å²) < 4.78 is 5.83. The zero-order chi connectivity index (χ0) is 21.5. The number of ether oxygens (including phenoxy) is 1. The molecule has 0 heterocycles. The highest BCUT2D eigenvalue weighted by Gasteiger charge is 2.23. The van der Waals surface area contributed by atoms with Crippen LogP contribution in [0.2, 0.25) is 0 Å². The number of aryl methyl sites for hydroxylation is 1. The van der Waals surface area contributed by atoms with Gasteiger partial charge in [-0.1, -0.05) is 68.7 Å². The predicted molar refractivity (Wildman–Crippen MR) is 132 cm³/mol. The third-order valence-electron chi connectivity index (χ3n) is 7.68. The van der Waals surface area contributed by atoms with Crippen molar-refractivity contribution in [3.8, 4) is 5.75 Å². The Morgan fingerprint density at radius 3 is 2.32 bits per heavy atom. The second-order valence-corrected chi connectivity index (χ2v) is 9.78. The van der Waals surface area contributed by atoms with Crippen molar-refractivity contribution >= 4 is 0 Å². The van der Waals surface area contributed by atoms with Gasteiger partial charge in [-0.15, -0.1) is 0 Å². The lowest BCUT2D eigenvalue weighted by atomic mass is 9.76. The first kappa shape index (κ1) is 22.2. The van der Waals surface area contributed by atoms with Crippen LogP contribution in [-0.2, 0) is 12.8 Å². The summed E-state index contributed by atoms with van der Waals surface area (Å²) in [4.78, 5) is 0. The average Bonchev–Trinajstić information content (AvgIpc) is 2.83. The molecule has 0 spiro atoms. The first-order valence-corrected chi connectivity index (χ1v) is 12.7. The third kappa shape index (κ3) is 5.82. The molecule has 2 aliphatic carbocycles. The van der Waals surface area contributed by atoms with E-state index in [1.54, 1.807) is 5.56 Å². The SMILES string of the molecule is CC=CCOc1ccc2c(c1)CCC(c1ccc(C3CCC(CCCC)CC3)cc1)C2. The molecule has 1 nitrogen and oxygen atoms in total. The Hall–Kier alpha value is -2.02. The van der Waals surface area contributed by atoms with Gasteiger partial charge in [0.05, 0.1) is 0 Å². The molecule has 1 fully saturated rings. The number of hydrogen-bond donors (Lipinski definition) is 0. The molecule has 0 radical (unpaired) electrons. The highest BCUT2D eigenvalue weighted by molar-refractivity contribution is 5.40. The quantitative estimate of drug-likeness (QED) is 0.393. The Balaban J connectivity index is 1.33. The zero-order valence-corrected chi connectivity index (χ0v) is 19.6. The van der Waals surface area contributed by atoms with Gasteiger partial charge in [-0.05, 0) is 104 Å². The van der Waals surface area contributed by atoms with Crippen LogP contribution in [0.5, 0.6) is 5.75 Å². The fourth-order valence-corrected chi connectivity index (χ4v) is 5.66. The monoisotopic (exact) mass is 416 g/mol.